The average Bonchev–Trinajstić information content (AvgIpc) is 3.04. The minimum atomic E-state index is 0.379. The summed E-state index contributed by atoms with van der Waals surface area (Å²) in [7, 11) is 0. The lowest BCUT2D eigenvalue weighted by Crippen LogP contribution is -2.24. The highest BCUT2D eigenvalue weighted by Crippen LogP contribution is 2.25. The summed E-state index contributed by atoms with van der Waals surface area (Å²) in [5.41, 5.74) is 1.16. The number of rotatable bonds is 4. The molecule has 0 spiro atoms. The van der Waals surface area contributed by atoms with E-state index in [9.17, 15) is 0 Å². The predicted molar refractivity (Wildman–Crippen MR) is 65.8 cm³/mol. The molecule has 1 saturated carbocycles. The van der Waals surface area contributed by atoms with Crippen molar-refractivity contribution >= 4 is 0 Å². The van der Waals surface area contributed by atoms with Gasteiger partial charge in [0.05, 0.1) is 18.1 Å². The second-order valence-electron chi connectivity index (χ2n) is 5.33. The molecule has 0 bridgehead atoms. The molecular weight excluding hydrogens is 214 g/mol. The third-order valence-corrected chi connectivity index (χ3v) is 3.68. The van der Waals surface area contributed by atoms with Crippen LogP contribution in [0.4, 0.5) is 0 Å². The fraction of sp³-hybridized carbons (Fsp3) is 0.769. The van der Waals surface area contributed by atoms with Crippen LogP contribution < -0.4 is 5.32 Å². The Morgan fingerprint density at radius 1 is 1.47 bits per heavy atom. The van der Waals surface area contributed by atoms with Crippen LogP contribution in [0.2, 0.25) is 0 Å². The molecule has 0 aromatic carbocycles. The van der Waals surface area contributed by atoms with Gasteiger partial charge in [-0.25, -0.2) is 4.98 Å². The first-order valence-electron chi connectivity index (χ1n) is 6.68. The number of nitrogens with zero attached hydrogens (tertiary/aromatic N) is 2. The van der Waals surface area contributed by atoms with E-state index in [1.54, 1.807) is 0 Å². The van der Waals surface area contributed by atoms with Crippen molar-refractivity contribution in [1.82, 2.24) is 14.9 Å². The molecule has 1 N–H and O–H groups in total. The lowest BCUT2D eigenvalue weighted by Gasteiger charge is -2.28. The third kappa shape index (κ3) is 2.87. The van der Waals surface area contributed by atoms with Gasteiger partial charge in [-0.15, -0.1) is 0 Å². The van der Waals surface area contributed by atoms with Crippen molar-refractivity contribution in [2.24, 2.45) is 0 Å². The molecule has 17 heavy (non-hydrogen) atoms. The Morgan fingerprint density at radius 3 is 3.12 bits per heavy atom. The minimum Gasteiger partial charge on any atom is -0.378 e. The summed E-state index contributed by atoms with van der Waals surface area (Å²) in [6.45, 7) is 3.94. The van der Waals surface area contributed by atoms with E-state index in [1.807, 2.05) is 6.33 Å². The summed E-state index contributed by atoms with van der Waals surface area (Å²) >= 11 is 0. The lowest BCUT2D eigenvalue weighted by molar-refractivity contribution is 0.00592. The predicted octanol–water partition coefficient (Wildman–Crippen LogP) is 1.88. The highest BCUT2D eigenvalue weighted by molar-refractivity contribution is 4.99. The van der Waals surface area contributed by atoms with E-state index in [0.29, 0.717) is 12.1 Å². The van der Waals surface area contributed by atoms with Crippen molar-refractivity contribution in [3.8, 4) is 0 Å². The van der Waals surface area contributed by atoms with Gasteiger partial charge in [-0.3, -0.25) is 0 Å². The maximum atomic E-state index is 5.58. The highest BCUT2D eigenvalue weighted by Gasteiger charge is 2.22. The topological polar surface area (TPSA) is 39.1 Å². The van der Waals surface area contributed by atoms with Gasteiger partial charge in [0.15, 0.2) is 0 Å². The van der Waals surface area contributed by atoms with E-state index in [2.05, 4.69) is 28.0 Å². The van der Waals surface area contributed by atoms with Crippen molar-refractivity contribution in [2.75, 3.05) is 6.61 Å². The molecular formula is C13H21N3O. The number of aromatic nitrogens is 2. The largest absolute Gasteiger partial charge is 0.378 e. The zero-order valence-corrected chi connectivity index (χ0v) is 10.4. The van der Waals surface area contributed by atoms with Crippen molar-refractivity contribution < 1.29 is 4.74 Å². The van der Waals surface area contributed by atoms with E-state index in [-0.39, 0.29) is 0 Å². The molecule has 2 fully saturated rings. The Hall–Kier alpha value is -0.870. The van der Waals surface area contributed by atoms with Crippen LogP contribution in [-0.2, 0) is 11.3 Å². The molecule has 4 nitrogen and oxygen atoms in total. The zero-order chi connectivity index (χ0) is 11.7. The molecule has 94 valence electrons. The second kappa shape index (κ2) is 4.78. The fourth-order valence-corrected chi connectivity index (χ4v) is 2.45. The maximum Gasteiger partial charge on any atom is 0.0952 e. The molecule has 0 radical (unpaired) electrons. The first-order valence-corrected chi connectivity index (χ1v) is 6.68. The molecule has 1 aromatic rings. The molecule has 2 aliphatic rings. The standard InChI is InChI=1S/C13H21N3O/c1-10-6-13(4-5-17-10)16-8-12(15-9-16)7-14-11-2-3-11/h8-11,13-14H,2-7H2,1H3. The summed E-state index contributed by atoms with van der Waals surface area (Å²) in [6.07, 6.45) is 9.42. The van der Waals surface area contributed by atoms with Crippen LogP contribution in [0.25, 0.3) is 0 Å². The van der Waals surface area contributed by atoms with Crippen molar-refractivity contribution in [3.63, 3.8) is 0 Å². The van der Waals surface area contributed by atoms with Gasteiger partial charge in [0, 0.05) is 31.4 Å². The average molecular weight is 235 g/mol. The fourth-order valence-electron chi connectivity index (χ4n) is 2.45. The summed E-state index contributed by atoms with van der Waals surface area (Å²) in [6, 6.07) is 1.32. The number of hydrogen-bond acceptors (Lipinski definition) is 3. The molecule has 2 unspecified atom stereocenters. The van der Waals surface area contributed by atoms with Crippen molar-refractivity contribution in [3.05, 3.63) is 18.2 Å². The Morgan fingerprint density at radius 2 is 2.35 bits per heavy atom. The van der Waals surface area contributed by atoms with Gasteiger partial charge in [-0.05, 0) is 32.6 Å². The molecule has 3 rings (SSSR count). The first kappa shape index (κ1) is 11.2. The van der Waals surface area contributed by atoms with Crippen LogP contribution in [-0.4, -0.2) is 28.3 Å². The van der Waals surface area contributed by atoms with E-state index in [4.69, 9.17) is 4.74 Å². The Balaban J connectivity index is 1.58. The molecule has 2 atom stereocenters. The first-order chi connectivity index (χ1) is 8.31. The zero-order valence-electron chi connectivity index (χ0n) is 10.4. The summed E-state index contributed by atoms with van der Waals surface area (Å²) < 4.78 is 7.84. The number of ether oxygens (including phenoxy) is 1. The van der Waals surface area contributed by atoms with Gasteiger partial charge in [0.25, 0.3) is 0 Å². The minimum absolute atomic E-state index is 0.379. The molecule has 1 saturated heterocycles. The van der Waals surface area contributed by atoms with Crippen LogP contribution >= 0.6 is 0 Å². The molecule has 4 heteroatoms. The highest BCUT2D eigenvalue weighted by atomic mass is 16.5. The number of nitrogens with one attached hydrogen (secondary N) is 1. The van der Waals surface area contributed by atoms with Crippen LogP contribution in [0.3, 0.4) is 0 Å². The molecule has 1 aliphatic carbocycles. The smallest absolute Gasteiger partial charge is 0.0952 e. The van der Waals surface area contributed by atoms with Crippen LogP contribution in [0.5, 0.6) is 0 Å². The van der Waals surface area contributed by atoms with Crippen molar-refractivity contribution in [2.45, 2.75) is 57.3 Å². The van der Waals surface area contributed by atoms with Gasteiger partial charge >= 0.3 is 0 Å². The van der Waals surface area contributed by atoms with Gasteiger partial charge in [0.1, 0.15) is 0 Å². The number of imidazole rings is 1. The van der Waals surface area contributed by atoms with Crippen molar-refractivity contribution in [1.29, 1.82) is 0 Å². The van der Waals surface area contributed by atoms with Gasteiger partial charge in [0.2, 0.25) is 0 Å². The monoisotopic (exact) mass is 235 g/mol. The maximum absolute atomic E-state index is 5.58. The Labute approximate surface area is 102 Å². The van der Waals surface area contributed by atoms with Gasteiger partial charge < -0.3 is 14.6 Å². The van der Waals surface area contributed by atoms with E-state index >= 15 is 0 Å². The molecule has 0 amide bonds. The molecule has 2 heterocycles. The number of hydrogen-bond donors (Lipinski definition) is 1. The summed E-state index contributed by atoms with van der Waals surface area (Å²) in [5.74, 6) is 0. The van der Waals surface area contributed by atoms with E-state index in [1.165, 1.54) is 12.8 Å². The van der Waals surface area contributed by atoms with Crippen LogP contribution in [0.1, 0.15) is 44.3 Å². The van der Waals surface area contributed by atoms with E-state index in [0.717, 1.165) is 37.7 Å². The van der Waals surface area contributed by atoms with Crippen LogP contribution in [0.15, 0.2) is 12.5 Å². The normalized spacial score (nSPS) is 29.5. The molecule has 1 aliphatic heterocycles. The van der Waals surface area contributed by atoms with Gasteiger partial charge in [-0.2, -0.15) is 0 Å². The quantitative estimate of drug-likeness (QED) is 0.866. The van der Waals surface area contributed by atoms with Crippen LogP contribution in [0, 0.1) is 0 Å². The third-order valence-electron chi connectivity index (χ3n) is 3.68. The second-order valence-corrected chi connectivity index (χ2v) is 5.33. The molecule has 1 aromatic heterocycles. The van der Waals surface area contributed by atoms with E-state index < -0.39 is 0 Å². The summed E-state index contributed by atoms with van der Waals surface area (Å²) in [5, 5.41) is 3.50. The summed E-state index contributed by atoms with van der Waals surface area (Å²) in [4.78, 5) is 4.48. The Bertz CT molecular complexity index is 372. The Kier molecular flexibility index (Phi) is 3.16. The van der Waals surface area contributed by atoms with Gasteiger partial charge in [-0.1, -0.05) is 0 Å². The lowest BCUT2D eigenvalue weighted by atomic mass is 10.0. The SMILES string of the molecule is CC1CC(n2cnc(CNC3CC3)c2)CCO1.